The van der Waals surface area contributed by atoms with Crippen LogP contribution in [0.3, 0.4) is 0 Å². The Balaban J connectivity index is 2.88. The lowest BCUT2D eigenvalue weighted by molar-refractivity contribution is -0.231. The van der Waals surface area contributed by atoms with Crippen molar-refractivity contribution >= 4 is 0 Å². The third-order valence-corrected chi connectivity index (χ3v) is 2.19. The minimum Gasteiger partial charge on any atom is -0.388 e. The van der Waals surface area contributed by atoms with Crippen LogP contribution < -0.4 is 0 Å². The van der Waals surface area contributed by atoms with Gasteiger partial charge in [-0.2, -0.15) is 0 Å². The van der Waals surface area contributed by atoms with E-state index >= 15 is 0 Å². The summed E-state index contributed by atoms with van der Waals surface area (Å²) in [4.78, 5) is 0. The highest BCUT2D eigenvalue weighted by Crippen LogP contribution is 2.31. The average Bonchev–Trinajstić information content (AvgIpc) is 2.52. The molecular weight excluding hydrogens is 184 g/mol. The van der Waals surface area contributed by atoms with Crippen LogP contribution in [-0.2, 0) is 9.47 Å². The topological polar surface area (TPSA) is 58.9 Å². The first-order valence-electron chi connectivity index (χ1n) is 4.74. The average molecular weight is 202 g/mol. The maximum Gasteiger partial charge on any atom is 0.217 e. The fourth-order valence-corrected chi connectivity index (χ4v) is 1.51. The first-order valence-corrected chi connectivity index (χ1v) is 4.74. The highest BCUT2D eigenvalue weighted by molar-refractivity contribution is 5.05. The van der Waals surface area contributed by atoms with E-state index in [0.29, 0.717) is 13.2 Å². The summed E-state index contributed by atoms with van der Waals surface area (Å²) in [6, 6.07) is 0. The van der Waals surface area contributed by atoms with E-state index in [2.05, 4.69) is 0 Å². The minimum absolute atomic E-state index is 0.428. The number of allylic oxidation sites excluding steroid dienone is 1. The van der Waals surface area contributed by atoms with Crippen molar-refractivity contribution in [1.82, 2.24) is 0 Å². The molecule has 1 rings (SSSR count). The van der Waals surface area contributed by atoms with Crippen LogP contribution in [0.2, 0.25) is 0 Å². The van der Waals surface area contributed by atoms with Gasteiger partial charge in [0.25, 0.3) is 0 Å². The molecular formula is C10H18O4. The van der Waals surface area contributed by atoms with Gasteiger partial charge in [-0.25, -0.2) is 0 Å². The highest BCUT2D eigenvalue weighted by Gasteiger charge is 2.48. The second-order valence-electron chi connectivity index (χ2n) is 3.97. The van der Waals surface area contributed by atoms with Crippen LogP contribution >= 0.6 is 0 Å². The molecule has 0 aromatic rings. The summed E-state index contributed by atoms with van der Waals surface area (Å²) >= 11 is 0. The Morgan fingerprint density at radius 1 is 1.36 bits per heavy atom. The molecule has 0 aromatic heterocycles. The first kappa shape index (κ1) is 11.7. The second-order valence-corrected chi connectivity index (χ2v) is 3.97. The van der Waals surface area contributed by atoms with Crippen LogP contribution in [0.1, 0.15) is 20.8 Å². The van der Waals surface area contributed by atoms with Crippen molar-refractivity contribution in [3.05, 3.63) is 12.2 Å². The lowest BCUT2D eigenvalue weighted by Gasteiger charge is -2.36. The van der Waals surface area contributed by atoms with Gasteiger partial charge in [0.1, 0.15) is 6.10 Å². The van der Waals surface area contributed by atoms with Gasteiger partial charge in [0, 0.05) is 0 Å². The van der Waals surface area contributed by atoms with Crippen molar-refractivity contribution in [2.24, 2.45) is 0 Å². The molecule has 2 N–H and O–H groups in total. The van der Waals surface area contributed by atoms with Gasteiger partial charge in [-0.1, -0.05) is 6.08 Å². The molecule has 1 aliphatic rings. The molecule has 0 saturated carbocycles. The van der Waals surface area contributed by atoms with E-state index in [4.69, 9.17) is 9.47 Å². The third kappa shape index (κ3) is 2.15. The minimum atomic E-state index is -1.26. The van der Waals surface area contributed by atoms with Gasteiger partial charge in [-0.3, -0.25) is 0 Å². The summed E-state index contributed by atoms with van der Waals surface area (Å²) in [5.74, 6) is -1.19. The predicted molar refractivity (Wildman–Crippen MR) is 51.8 cm³/mol. The van der Waals surface area contributed by atoms with E-state index in [-0.39, 0.29) is 0 Å². The van der Waals surface area contributed by atoms with Crippen molar-refractivity contribution in [1.29, 1.82) is 0 Å². The van der Waals surface area contributed by atoms with Gasteiger partial charge < -0.3 is 19.7 Å². The fourth-order valence-electron chi connectivity index (χ4n) is 1.51. The number of hydrogen-bond acceptors (Lipinski definition) is 4. The number of aliphatic hydroxyl groups excluding tert-OH is 1. The Morgan fingerprint density at radius 2 is 1.86 bits per heavy atom. The Bertz CT molecular complexity index is 211. The first-order chi connectivity index (χ1) is 6.42. The van der Waals surface area contributed by atoms with Crippen LogP contribution in [-0.4, -0.2) is 40.9 Å². The lowest BCUT2D eigenvalue weighted by Crippen LogP contribution is -2.53. The monoisotopic (exact) mass is 202 g/mol. The second kappa shape index (κ2) is 3.98. The SMILES string of the molecule is C/C=C/C1([C@@H](O)C(C)(C)O)OCCO1. The molecule has 0 unspecified atom stereocenters. The molecule has 0 bridgehead atoms. The van der Waals surface area contributed by atoms with Gasteiger partial charge in [-0.15, -0.1) is 0 Å². The summed E-state index contributed by atoms with van der Waals surface area (Å²) in [6.45, 7) is 5.71. The molecule has 1 saturated heterocycles. The smallest absolute Gasteiger partial charge is 0.217 e. The molecule has 1 aliphatic heterocycles. The van der Waals surface area contributed by atoms with Gasteiger partial charge >= 0.3 is 0 Å². The van der Waals surface area contributed by atoms with E-state index in [1.54, 1.807) is 12.2 Å². The number of aliphatic hydroxyl groups is 2. The zero-order valence-electron chi connectivity index (χ0n) is 8.86. The largest absolute Gasteiger partial charge is 0.388 e. The number of rotatable bonds is 3. The molecule has 0 amide bonds. The van der Waals surface area contributed by atoms with Crippen molar-refractivity contribution in [3.63, 3.8) is 0 Å². The molecule has 0 radical (unpaired) electrons. The predicted octanol–water partition coefficient (Wildman–Crippen LogP) is 0.437. The molecule has 1 atom stereocenters. The lowest BCUT2D eigenvalue weighted by atomic mass is 9.93. The standard InChI is InChI=1S/C10H18O4/c1-4-5-10(13-6-7-14-10)8(11)9(2,3)12/h4-5,8,11-12H,6-7H2,1-3H3/b5-4+/t8-/m0/s1. The third-order valence-electron chi connectivity index (χ3n) is 2.19. The highest BCUT2D eigenvalue weighted by atomic mass is 16.7. The normalized spacial score (nSPS) is 24.4. The Morgan fingerprint density at radius 3 is 2.21 bits per heavy atom. The van der Waals surface area contributed by atoms with Gasteiger partial charge in [0.05, 0.1) is 18.8 Å². The van der Waals surface area contributed by atoms with Crippen LogP contribution in [0.4, 0.5) is 0 Å². The Hall–Kier alpha value is -0.420. The van der Waals surface area contributed by atoms with Crippen molar-refractivity contribution in [2.45, 2.75) is 38.3 Å². The van der Waals surface area contributed by atoms with Crippen molar-refractivity contribution < 1.29 is 19.7 Å². The molecule has 0 spiro atoms. The zero-order valence-corrected chi connectivity index (χ0v) is 8.86. The summed E-state index contributed by atoms with van der Waals surface area (Å²) in [7, 11) is 0. The summed E-state index contributed by atoms with van der Waals surface area (Å²) in [5.41, 5.74) is -1.26. The van der Waals surface area contributed by atoms with Crippen molar-refractivity contribution in [3.8, 4) is 0 Å². The van der Waals surface area contributed by atoms with Crippen LogP contribution in [0.25, 0.3) is 0 Å². The van der Waals surface area contributed by atoms with Gasteiger partial charge in [-0.05, 0) is 26.8 Å². The summed E-state index contributed by atoms with van der Waals surface area (Å²) in [6.07, 6.45) is 2.26. The number of hydrogen-bond donors (Lipinski definition) is 2. The van der Waals surface area contributed by atoms with Crippen molar-refractivity contribution in [2.75, 3.05) is 13.2 Å². The van der Waals surface area contributed by atoms with E-state index in [9.17, 15) is 10.2 Å². The molecule has 1 heterocycles. The maximum atomic E-state index is 9.92. The van der Waals surface area contributed by atoms with Crippen LogP contribution in [0.5, 0.6) is 0 Å². The molecule has 0 aromatic carbocycles. The summed E-state index contributed by atoms with van der Waals surface area (Å²) in [5, 5.41) is 19.6. The van der Waals surface area contributed by atoms with Gasteiger partial charge in [0.2, 0.25) is 5.79 Å². The zero-order chi connectivity index (χ0) is 10.8. The maximum absolute atomic E-state index is 9.92. The quantitative estimate of drug-likeness (QED) is 0.652. The Labute approximate surface area is 84.1 Å². The molecule has 1 fully saturated rings. The van der Waals surface area contributed by atoms with E-state index in [1.165, 1.54) is 13.8 Å². The molecule has 14 heavy (non-hydrogen) atoms. The van der Waals surface area contributed by atoms with E-state index in [1.807, 2.05) is 6.92 Å². The molecule has 4 nitrogen and oxygen atoms in total. The number of ether oxygens (including phenoxy) is 2. The Kier molecular flexibility index (Phi) is 3.32. The molecule has 4 heteroatoms. The molecule has 0 aliphatic carbocycles. The summed E-state index contributed by atoms with van der Waals surface area (Å²) < 4.78 is 10.7. The fraction of sp³-hybridized carbons (Fsp3) is 0.800. The van der Waals surface area contributed by atoms with Crippen LogP contribution in [0, 0.1) is 0 Å². The van der Waals surface area contributed by atoms with Gasteiger partial charge in [0.15, 0.2) is 0 Å². The van der Waals surface area contributed by atoms with E-state index in [0.717, 1.165) is 0 Å². The van der Waals surface area contributed by atoms with E-state index < -0.39 is 17.5 Å². The molecule has 82 valence electrons. The van der Waals surface area contributed by atoms with Crippen LogP contribution in [0.15, 0.2) is 12.2 Å².